The second kappa shape index (κ2) is 8.58. The third-order valence-electron chi connectivity index (χ3n) is 6.38. The highest BCUT2D eigenvalue weighted by Gasteiger charge is 2.18. The van der Waals surface area contributed by atoms with E-state index < -0.39 is 0 Å². The Morgan fingerprint density at radius 2 is 1.88 bits per heavy atom. The van der Waals surface area contributed by atoms with Gasteiger partial charge in [-0.15, -0.1) is 0 Å². The Labute approximate surface area is 193 Å². The lowest BCUT2D eigenvalue weighted by Crippen LogP contribution is -2.27. The van der Waals surface area contributed by atoms with Gasteiger partial charge >= 0.3 is 0 Å². The molecule has 5 heteroatoms. The zero-order chi connectivity index (χ0) is 22.9. The van der Waals surface area contributed by atoms with Gasteiger partial charge in [-0.1, -0.05) is 30.3 Å². The summed E-state index contributed by atoms with van der Waals surface area (Å²) >= 11 is 0. The van der Waals surface area contributed by atoms with Crippen molar-refractivity contribution >= 4 is 22.5 Å². The monoisotopic (exact) mass is 436 g/mol. The number of carbonyl (C=O) groups is 1. The summed E-state index contributed by atoms with van der Waals surface area (Å²) in [6, 6.07) is 18.7. The van der Waals surface area contributed by atoms with E-state index in [4.69, 9.17) is 4.98 Å². The molecule has 2 aromatic carbocycles. The molecule has 0 aliphatic carbocycles. The van der Waals surface area contributed by atoms with E-state index in [0.717, 1.165) is 40.1 Å². The average molecular weight is 437 g/mol. The number of nitrogens with one attached hydrogen (secondary N) is 2. The van der Waals surface area contributed by atoms with E-state index in [1.807, 2.05) is 28.9 Å². The maximum Gasteiger partial charge on any atom is 0.226 e. The number of para-hydroxylation sites is 1. The van der Waals surface area contributed by atoms with E-state index in [9.17, 15) is 4.79 Å². The van der Waals surface area contributed by atoms with Gasteiger partial charge < -0.3 is 14.7 Å². The summed E-state index contributed by atoms with van der Waals surface area (Å²) in [5.41, 5.74) is 9.64. The summed E-state index contributed by atoms with van der Waals surface area (Å²) in [4.78, 5) is 21.2. The molecule has 0 saturated heterocycles. The number of aromatic amines is 1. The van der Waals surface area contributed by atoms with Crippen LogP contribution in [0.15, 0.2) is 67.0 Å². The SMILES string of the molecule is Cc1ccn2c(CC(=O)NCCc3c[nH]c4ccccc34)c(-c3ccc(C)c(C)c3)nc2c1. The molecule has 1 amide bonds. The first-order valence-electron chi connectivity index (χ1n) is 11.4. The lowest BCUT2D eigenvalue weighted by Gasteiger charge is -2.09. The number of benzene rings is 2. The fourth-order valence-corrected chi connectivity index (χ4v) is 4.38. The summed E-state index contributed by atoms with van der Waals surface area (Å²) in [5.74, 6) is 0.00213. The van der Waals surface area contributed by atoms with E-state index >= 15 is 0 Å². The molecule has 166 valence electrons. The van der Waals surface area contributed by atoms with Crippen LogP contribution in [-0.4, -0.2) is 26.8 Å². The predicted molar refractivity (Wildman–Crippen MR) is 134 cm³/mol. The van der Waals surface area contributed by atoms with Crippen LogP contribution >= 0.6 is 0 Å². The van der Waals surface area contributed by atoms with Crippen LogP contribution < -0.4 is 5.32 Å². The van der Waals surface area contributed by atoms with Gasteiger partial charge in [0, 0.05) is 35.4 Å². The summed E-state index contributed by atoms with van der Waals surface area (Å²) in [6.07, 6.45) is 5.10. The summed E-state index contributed by atoms with van der Waals surface area (Å²) in [5, 5.41) is 4.31. The molecule has 5 nitrogen and oxygen atoms in total. The molecule has 3 heterocycles. The second-order valence-electron chi connectivity index (χ2n) is 8.77. The molecular weight excluding hydrogens is 408 g/mol. The molecule has 2 N–H and O–H groups in total. The topological polar surface area (TPSA) is 62.2 Å². The molecular formula is C28H28N4O. The Kier molecular flexibility index (Phi) is 5.47. The highest BCUT2D eigenvalue weighted by molar-refractivity contribution is 5.84. The molecule has 5 rings (SSSR count). The van der Waals surface area contributed by atoms with Crippen molar-refractivity contribution < 1.29 is 4.79 Å². The molecule has 0 spiro atoms. The fourth-order valence-electron chi connectivity index (χ4n) is 4.38. The Morgan fingerprint density at radius 1 is 1.03 bits per heavy atom. The number of carbonyl (C=O) groups excluding carboxylic acids is 1. The normalized spacial score (nSPS) is 11.4. The third-order valence-corrected chi connectivity index (χ3v) is 6.38. The summed E-state index contributed by atoms with van der Waals surface area (Å²) in [6.45, 7) is 6.86. The van der Waals surface area contributed by atoms with Crippen molar-refractivity contribution in [3.05, 3.63) is 94.9 Å². The van der Waals surface area contributed by atoms with Crippen LogP contribution in [0.25, 0.3) is 27.8 Å². The van der Waals surface area contributed by atoms with Crippen molar-refractivity contribution in [2.75, 3.05) is 6.54 Å². The minimum atomic E-state index is 0.00213. The van der Waals surface area contributed by atoms with Gasteiger partial charge in [0.05, 0.1) is 17.8 Å². The molecule has 0 unspecified atom stereocenters. The van der Waals surface area contributed by atoms with E-state index in [2.05, 4.69) is 73.5 Å². The van der Waals surface area contributed by atoms with Gasteiger partial charge in [0.1, 0.15) is 5.65 Å². The first-order valence-corrected chi connectivity index (χ1v) is 11.4. The van der Waals surface area contributed by atoms with Crippen molar-refractivity contribution in [3.8, 4) is 11.3 Å². The van der Waals surface area contributed by atoms with Crippen molar-refractivity contribution in [1.29, 1.82) is 0 Å². The Morgan fingerprint density at radius 3 is 2.73 bits per heavy atom. The van der Waals surface area contributed by atoms with Gasteiger partial charge in [0.15, 0.2) is 0 Å². The highest BCUT2D eigenvalue weighted by Crippen LogP contribution is 2.27. The van der Waals surface area contributed by atoms with Crippen LogP contribution in [0.5, 0.6) is 0 Å². The number of aryl methyl sites for hydroxylation is 3. The Hall–Kier alpha value is -3.86. The average Bonchev–Trinajstić information content (AvgIpc) is 3.37. The zero-order valence-electron chi connectivity index (χ0n) is 19.3. The molecule has 0 saturated carbocycles. The maximum absolute atomic E-state index is 13.0. The third kappa shape index (κ3) is 4.14. The van der Waals surface area contributed by atoms with Crippen molar-refractivity contribution in [3.63, 3.8) is 0 Å². The zero-order valence-corrected chi connectivity index (χ0v) is 19.3. The molecule has 0 atom stereocenters. The molecule has 3 aromatic heterocycles. The minimum absolute atomic E-state index is 0.00213. The van der Waals surface area contributed by atoms with Crippen molar-refractivity contribution in [2.45, 2.75) is 33.6 Å². The molecule has 33 heavy (non-hydrogen) atoms. The van der Waals surface area contributed by atoms with E-state index in [-0.39, 0.29) is 12.3 Å². The fraction of sp³-hybridized carbons (Fsp3) is 0.214. The number of hydrogen-bond donors (Lipinski definition) is 2. The first kappa shape index (κ1) is 21.0. The number of fused-ring (bicyclic) bond motifs is 2. The Bertz CT molecular complexity index is 1470. The number of rotatable bonds is 6. The van der Waals surface area contributed by atoms with E-state index in [1.54, 1.807) is 0 Å². The maximum atomic E-state index is 13.0. The number of nitrogens with zero attached hydrogens (tertiary/aromatic N) is 2. The predicted octanol–water partition coefficient (Wildman–Crippen LogP) is 5.31. The van der Waals surface area contributed by atoms with Gasteiger partial charge in [0.2, 0.25) is 5.91 Å². The number of hydrogen-bond acceptors (Lipinski definition) is 2. The van der Waals surface area contributed by atoms with Gasteiger partial charge in [-0.2, -0.15) is 0 Å². The molecule has 5 aromatic rings. The molecule has 0 aliphatic rings. The van der Waals surface area contributed by atoms with Crippen LogP contribution in [0.2, 0.25) is 0 Å². The second-order valence-corrected chi connectivity index (χ2v) is 8.77. The quantitative estimate of drug-likeness (QED) is 0.379. The molecule has 0 fully saturated rings. The number of amides is 1. The van der Waals surface area contributed by atoms with Gasteiger partial charge in [-0.3, -0.25) is 4.79 Å². The lowest BCUT2D eigenvalue weighted by atomic mass is 10.0. The molecule has 0 aliphatic heterocycles. The smallest absolute Gasteiger partial charge is 0.226 e. The van der Waals surface area contributed by atoms with Crippen LogP contribution in [-0.2, 0) is 17.6 Å². The van der Waals surface area contributed by atoms with Crippen molar-refractivity contribution in [2.24, 2.45) is 0 Å². The standard InChI is InChI=1S/C28H28N4O/c1-18-11-13-32-25(28(31-26(32)14-18)21-9-8-19(2)20(3)15-21)16-27(33)29-12-10-22-17-30-24-7-5-4-6-23(22)24/h4-9,11,13-15,17,30H,10,12,16H2,1-3H3,(H,29,33). The van der Waals surface area contributed by atoms with E-state index in [1.165, 1.54) is 22.1 Å². The van der Waals surface area contributed by atoms with Gasteiger partial charge in [0.25, 0.3) is 0 Å². The number of H-pyrrole nitrogens is 1. The number of imidazole rings is 1. The van der Waals surface area contributed by atoms with Crippen LogP contribution in [0.4, 0.5) is 0 Å². The largest absolute Gasteiger partial charge is 0.361 e. The van der Waals surface area contributed by atoms with E-state index in [0.29, 0.717) is 6.54 Å². The van der Waals surface area contributed by atoms with Gasteiger partial charge in [-0.05, 0) is 73.7 Å². The van der Waals surface area contributed by atoms with Gasteiger partial charge in [-0.25, -0.2) is 4.98 Å². The van der Waals surface area contributed by atoms with Crippen LogP contribution in [0.3, 0.4) is 0 Å². The van der Waals surface area contributed by atoms with Crippen LogP contribution in [0, 0.1) is 20.8 Å². The number of aromatic nitrogens is 3. The summed E-state index contributed by atoms with van der Waals surface area (Å²) in [7, 11) is 0. The molecule has 0 radical (unpaired) electrons. The molecule has 0 bridgehead atoms. The lowest BCUT2D eigenvalue weighted by molar-refractivity contribution is -0.120. The highest BCUT2D eigenvalue weighted by atomic mass is 16.1. The van der Waals surface area contributed by atoms with Crippen LogP contribution in [0.1, 0.15) is 27.9 Å². The summed E-state index contributed by atoms with van der Waals surface area (Å²) < 4.78 is 2.04. The minimum Gasteiger partial charge on any atom is -0.361 e. The first-order chi connectivity index (χ1) is 16.0. The van der Waals surface area contributed by atoms with Crippen molar-refractivity contribution in [1.82, 2.24) is 19.7 Å². The Balaban J connectivity index is 1.38. The number of pyridine rings is 1.